The van der Waals surface area contributed by atoms with Crippen molar-refractivity contribution in [3.05, 3.63) is 17.0 Å². The van der Waals surface area contributed by atoms with Gasteiger partial charge in [-0.2, -0.15) is 4.31 Å². The molecule has 0 spiro atoms. The van der Waals surface area contributed by atoms with E-state index in [1.807, 2.05) is 13.0 Å². The highest BCUT2D eigenvalue weighted by atomic mass is 32.2. The van der Waals surface area contributed by atoms with Crippen molar-refractivity contribution in [1.29, 1.82) is 0 Å². The number of nitrogens with one attached hydrogen (secondary N) is 1. The molecule has 1 aliphatic rings. The zero-order chi connectivity index (χ0) is 15.5. The van der Waals surface area contributed by atoms with Gasteiger partial charge in [0.05, 0.1) is 6.10 Å². The molecule has 5 nitrogen and oxygen atoms in total. The maximum atomic E-state index is 12.7. The second kappa shape index (κ2) is 7.19. The molecule has 1 N–H and O–H groups in total. The molecule has 0 aromatic carbocycles. The molecule has 1 saturated heterocycles. The molecule has 7 heteroatoms. The van der Waals surface area contributed by atoms with Crippen molar-refractivity contribution < 1.29 is 13.2 Å². The van der Waals surface area contributed by atoms with Crippen molar-refractivity contribution in [1.82, 2.24) is 9.62 Å². The van der Waals surface area contributed by atoms with Crippen LogP contribution in [0.5, 0.6) is 0 Å². The molecule has 1 aliphatic heterocycles. The van der Waals surface area contributed by atoms with E-state index in [1.165, 1.54) is 11.3 Å². The van der Waals surface area contributed by atoms with Crippen molar-refractivity contribution in [2.75, 3.05) is 26.7 Å². The molecule has 21 heavy (non-hydrogen) atoms. The van der Waals surface area contributed by atoms with E-state index >= 15 is 0 Å². The lowest BCUT2D eigenvalue weighted by molar-refractivity contribution is 0.0184. The minimum Gasteiger partial charge on any atom is -0.380 e. The Morgan fingerprint density at radius 1 is 1.48 bits per heavy atom. The Hall–Kier alpha value is -0.470. The highest BCUT2D eigenvalue weighted by Crippen LogP contribution is 2.29. The summed E-state index contributed by atoms with van der Waals surface area (Å²) >= 11 is 1.35. The van der Waals surface area contributed by atoms with Crippen molar-refractivity contribution in [3.63, 3.8) is 0 Å². The standard InChI is InChI=1S/C14H24N2O3S2/c1-4-15-9-12-5-6-14(20-12)21(17,18)16-8-7-11(2)13(10-16)19-3/h5-6,11,13,15H,4,7-10H2,1-3H3. The largest absolute Gasteiger partial charge is 0.380 e. The molecule has 0 amide bonds. The summed E-state index contributed by atoms with van der Waals surface area (Å²) in [5.74, 6) is 0.397. The number of hydrogen-bond donors (Lipinski definition) is 1. The molecule has 1 aromatic rings. The molecule has 0 bridgehead atoms. The quantitative estimate of drug-likeness (QED) is 0.864. The minimum absolute atomic E-state index is 0.0188. The molecular weight excluding hydrogens is 308 g/mol. The van der Waals surface area contributed by atoms with E-state index in [0.29, 0.717) is 29.8 Å². The number of thiophene rings is 1. The van der Waals surface area contributed by atoms with Crippen LogP contribution in [0.15, 0.2) is 16.3 Å². The van der Waals surface area contributed by atoms with E-state index in [9.17, 15) is 8.42 Å². The molecular formula is C14H24N2O3S2. The summed E-state index contributed by atoms with van der Waals surface area (Å²) in [6.07, 6.45) is 0.822. The van der Waals surface area contributed by atoms with Crippen LogP contribution in [0.1, 0.15) is 25.1 Å². The van der Waals surface area contributed by atoms with Gasteiger partial charge in [0.25, 0.3) is 10.0 Å². The number of nitrogens with zero attached hydrogens (tertiary/aromatic N) is 1. The van der Waals surface area contributed by atoms with E-state index in [0.717, 1.165) is 17.8 Å². The highest BCUT2D eigenvalue weighted by molar-refractivity contribution is 7.91. The molecule has 2 heterocycles. The average Bonchev–Trinajstić information content (AvgIpc) is 2.95. The number of rotatable bonds is 6. The summed E-state index contributed by atoms with van der Waals surface area (Å²) in [6, 6.07) is 3.60. The molecule has 120 valence electrons. The van der Waals surface area contributed by atoms with Gasteiger partial charge in [-0.05, 0) is 31.0 Å². The lowest BCUT2D eigenvalue weighted by atomic mass is 9.97. The van der Waals surface area contributed by atoms with E-state index in [2.05, 4.69) is 12.2 Å². The number of sulfonamides is 1. The summed E-state index contributed by atoms with van der Waals surface area (Å²) in [6.45, 7) is 6.75. The van der Waals surface area contributed by atoms with Crippen LogP contribution in [0.3, 0.4) is 0 Å². The van der Waals surface area contributed by atoms with Crippen LogP contribution in [0, 0.1) is 5.92 Å². The number of ether oxygens (including phenoxy) is 1. The maximum Gasteiger partial charge on any atom is 0.252 e. The Balaban J connectivity index is 2.12. The first kappa shape index (κ1) is 16.9. The molecule has 0 saturated carbocycles. The van der Waals surface area contributed by atoms with Crippen LogP contribution in [-0.2, 0) is 21.3 Å². The first-order chi connectivity index (χ1) is 9.98. The molecule has 2 unspecified atom stereocenters. The minimum atomic E-state index is -3.39. The third-order valence-electron chi connectivity index (χ3n) is 3.94. The predicted octanol–water partition coefficient (Wildman–Crippen LogP) is 1.90. The van der Waals surface area contributed by atoms with Gasteiger partial charge >= 0.3 is 0 Å². The van der Waals surface area contributed by atoms with Gasteiger partial charge in [-0.15, -0.1) is 11.3 Å². The number of methoxy groups -OCH3 is 1. The fourth-order valence-electron chi connectivity index (χ4n) is 2.50. The second-order valence-corrected chi connectivity index (χ2v) is 8.74. The Kier molecular flexibility index (Phi) is 5.79. The second-order valence-electron chi connectivity index (χ2n) is 5.40. The summed E-state index contributed by atoms with van der Waals surface area (Å²) in [4.78, 5) is 1.05. The number of hydrogen-bond acceptors (Lipinski definition) is 5. The fraction of sp³-hybridized carbons (Fsp3) is 0.714. The first-order valence-corrected chi connectivity index (χ1v) is 9.57. The summed E-state index contributed by atoms with van der Waals surface area (Å²) in [7, 11) is -1.74. The van der Waals surface area contributed by atoms with Crippen LogP contribution in [-0.4, -0.2) is 45.6 Å². The summed E-state index contributed by atoms with van der Waals surface area (Å²) < 4.78 is 32.8. The van der Waals surface area contributed by atoms with Crippen LogP contribution in [0.4, 0.5) is 0 Å². The van der Waals surface area contributed by atoms with Gasteiger partial charge in [0, 0.05) is 31.6 Å². The zero-order valence-electron chi connectivity index (χ0n) is 12.8. The monoisotopic (exact) mass is 332 g/mol. The van der Waals surface area contributed by atoms with Crippen molar-refractivity contribution in [2.45, 2.75) is 37.1 Å². The van der Waals surface area contributed by atoms with Crippen LogP contribution < -0.4 is 5.32 Å². The van der Waals surface area contributed by atoms with E-state index in [-0.39, 0.29) is 6.10 Å². The Bertz CT molecular complexity index is 556. The van der Waals surface area contributed by atoms with Crippen molar-refractivity contribution in [2.24, 2.45) is 5.92 Å². The molecule has 0 aliphatic carbocycles. The molecule has 2 atom stereocenters. The average molecular weight is 332 g/mol. The van der Waals surface area contributed by atoms with Gasteiger partial charge in [0.2, 0.25) is 0 Å². The van der Waals surface area contributed by atoms with Gasteiger partial charge in [0.15, 0.2) is 0 Å². The van der Waals surface area contributed by atoms with Crippen LogP contribution >= 0.6 is 11.3 Å². The van der Waals surface area contributed by atoms with Gasteiger partial charge < -0.3 is 10.1 Å². The van der Waals surface area contributed by atoms with E-state index in [4.69, 9.17) is 4.74 Å². The molecule has 1 fully saturated rings. The molecule has 2 rings (SSSR count). The Morgan fingerprint density at radius 2 is 2.24 bits per heavy atom. The fourth-order valence-corrected chi connectivity index (χ4v) is 5.44. The van der Waals surface area contributed by atoms with Gasteiger partial charge in [-0.3, -0.25) is 0 Å². The summed E-state index contributed by atoms with van der Waals surface area (Å²) in [5, 5.41) is 3.21. The lowest BCUT2D eigenvalue weighted by Gasteiger charge is -2.35. The van der Waals surface area contributed by atoms with Crippen molar-refractivity contribution >= 4 is 21.4 Å². The third kappa shape index (κ3) is 3.84. The van der Waals surface area contributed by atoms with Crippen molar-refractivity contribution in [3.8, 4) is 0 Å². The van der Waals surface area contributed by atoms with Gasteiger partial charge in [-0.1, -0.05) is 13.8 Å². The Morgan fingerprint density at radius 3 is 2.90 bits per heavy atom. The van der Waals surface area contributed by atoms with Gasteiger partial charge in [0.1, 0.15) is 4.21 Å². The third-order valence-corrected chi connectivity index (χ3v) is 7.35. The Labute approximate surface area is 131 Å². The topological polar surface area (TPSA) is 58.6 Å². The summed E-state index contributed by atoms with van der Waals surface area (Å²) in [5.41, 5.74) is 0. The lowest BCUT2D eigenvalue weighted by Crippen LogP contribution is -2.46. The van der Waals surface area contributed by atoms with Crippen LogP contribution in [0.25, 0.3) is 0 Å². The van der Waals surface area contributed by atoms with E-state index in [1.54, 1.807) is 17.5 Å². The zero-order valence-corrected chi connectivity index (χ0v) is 14.5. The van der Waals surface area contributed by atoms with E-state index < -0.39 is 10.0 Å². The first-order valence-electron chi connectivity index (χ1n) is 7.31. The van der Waals surface area contributed by atoms with Gasteiger partial charge in [-0.25, -0.2) is 8.42 Å². The van der Waals surface area contributed by atoms with Crippen LogP contribution in [0.2, 0.25) is 0 Å². The predicted molar refractivity (Wildman–Crippen MR) is 85.0 cm³/mol. The maximum absolute atomic E-state index is 12.7. The SMILES string of the molecule is CCNCc1ccc(S(=O)(=O)N2CCC(C)C(OC)C2)s1. The highest BCUT2D eigenvalue weighted by Gasteiger charge is 2.34. The number of piperidine rings is 1. The normalized spacial score (nSPS) is 24.3. The molecule has 0 radical (unpaired) electrons. The molecule has 1 aromatic heterocycles. The smallest absolute Gasteiger partial charge is 0.252 e.